The first kappa shape index (κ1) is 12.1. The molecule has 0 bridgehead atoms. The fourth-order valence-corrected chi connectivity index (χ4v) is 2.94. The summed E-state index contributed by atoms with van der Waals surface area (Å²) in [6.07, 6.45) is 2.30. The van der Waals surface area contributed by atoms with Gasteiger partial charge in [0.25, 0.3) is 0 Å². The number of piperidine rings is 1. The van der Waals surface area contributed by atoms with E-state index in [2.05, 4.69) is 11.4 Å². The second-order valence-electron chi connectivity index (χ2n) is 5.46. The van der Waals surface area contributed by atoms with Gasteiger partial charge >= 0.3 is 0 Å². The normalized spacial score (nSPS) is 22.2. The lowest BCUT2D eigenvalue weighted by Crippen LogP contribution is -2.29. The van der Waals surface area contributed by atoms with Crippen LogP contribution in [0.25, 0.3) is 0 Å². The molecule has 1 N–H and O–H groups in total. The third-order valence-corrected chi connectivity index (χ3v) is 3.83. The van der Waals surface area contributed by atoms with Crippen LogP contribution in [0.15, 0.2) is 12.1 Å². The van der Waals surface area contributed by atoms with Crippen molar-refractivity contribution in [3.05, 3.63) is 22.7 Å². The van der Waals surface area contributed by atoms with E-state index in [0.29, 0.717) is 16.7 Å². The first-order valence-corrected chi connectivity index (χ1v) is 6.85. The number of fused-ring (bicyclic) bond motifs is 1. The average molecular weight is 268 g/mol. The van der Waals surface area contributed by atoms with Crippen LogP contribution in [0.3, 0.4) is 0 Å². The molecule has 3 nitrogen and oxygen atoms in total. The molecule has 1 saturated heterocycles. The highest BCUT2D eigenvalue weighted by atomic mass is 35.5. The molecule has 0 aliphatic carbocycles. The van der Waals surface area contributed by atoms with Crippen molar-refractivity contribution in [2.45, 2.75) is 38.4 Å². The number of rotatable bonds is 1. The summed E-state index contributed by atoms with van der Waals surface area (Å²) in [5.41, 5.74) is 1.27. The molecule has 0 spiro atoms. The predicted octanol–water partition coefficient (Wildman–Crippen LogP) is 3.31. The van der Waals surface area contributed by atoms with Crippen LogP contribution in [-0.4, -0.2) is 18.9 Å². The summed E-state index contributed by atoms with van der Waals surface area (Å²) in [5.74, 6) is 1.42. The lowest BCUT2D eigenvalue weighted by molar-refractivity contribution is -0.0431. The zero-order valence-corrected chi connectivity index (χ0v) is 11.5. The van der Waals surface area contributed by atoms with Crippen LogP contribution in [0.5, 0.6) is 11.5 Å². The highest BCUT2D eigenvalue weighted by Crippen LogP contribution is 2.46. The molecule has 0 unspecified atom stereocenters. The van der Waals surface area contributed by atoms with Gasteiger partial charge in [-0.25, -0.2) is 0 Å². The Morgan fingerprint density at radius 1 is 1.22 bits per heavy atom. The number of hydrogen-bond donors (Lipinski definition) is 1. The molecule has 0 saturated carbocycles. The van der Waals surface area contributed by atoms with E-state index in [-0.39, 0.29) is 0 Å². The van der Waals surface area contributed by atoms with Gasteiger partial charge in [-0.05, 0) is 49.5 Å². The monoisotopic (exact) mass is 267 g/mol. The third kappa shape index (κ3) is 2.17. The Hall–Kier alpha value is -0.930. The van der Waals surface area contributed by atoms with E-state index in [9.17, 15) is 0 Å². The fourth-order valence-electron chi connectivity index (χ4n) is 2.69. The molecule has 2 aliphatic rings. The van der Waals surface area contributed by atoms with Crippen LogP contribution in [0.1, 0.15) is 38.2 Å². The van der Waals surface area contributed by atoms with Crippen molar-refractivity contribution < 1.29 is 9.47 Å². The maximum Gasteiger partial charge on any atom is 0.246 e. The van der Waals surface area contributed by atoms with E-state index in [0.717, 1.165) is 31.7 Å². The largest absolute Gasteiger partial charge is 0.449 e. The highest BCUT2D eigenvalue weighted by Gasteiger charge is 2.34. The Kier molecular flexibility index (Phi) is 2.91. The first-order chi connectivity index (χ1) is 8.55. The minimum absolute atomic E-state index is 0.571. The summed E-state index contributed by atoms with van der Waals surface area (Å²) in [7, 11) is 0. The molecule has 2 heterocycles. The van der Waals surface area contributed by atoms with Gasteiger partial charge in [0.1, 0.15) is 0 Å². The van der Waals surface area contributed by atoms with Crippen molar-refractivity contribution >= 4 is 11.6 Å². The predicted molar refractivity (Wildman–Crippen MR) is 71.6 cm³/mol. The van der Waals surface area contributed by atoms with Crippen LogP contribution in [0.2, 0.25) is 5.02 Å². The Labute approximate surface area is 112 Å². The first-order valence-electron chi connectivity index (χ1n) is 6.47. The Balaban J connectivity index is 1.93. The zero-order chi connectivity index (χ0) is 12.8. The van der Waals surface area contributed by atoms with Gasteiger partial charge in [0.2, 0.25) is 5.79 Å². The van der Waals surface area contributed by atoms with Gasteiger partial charge in [-0.1, -0.05) is 11.6 Å². The minimum Gasteiger partial charge on any atom is -0.449 e. The highest BCUT2D eigenvalue weighted by molar-refractivity contribution is 6.32. The summed E-state index contributed by atoms with van der Waals surface area (Å²) in [5, 5.41) is 4.03. The summed E-state index contributed by atoms with van der Waals surface area (Å²) in [4.78, 5) is 0. The summed E-state index contributed by atoms with van der Waals surface area (Å²) < 4.78 is 11.5. The molecule has 1 aromatic rings. The zero-order valence-electron chi connectivity index (χ0n) is 10.8. The van der Waals surface area contributed by atoms with E-state index in [1.807, 2.05) is 19.9 Å². The van der Waals surface area contributed by atoms with Crippen molar-refractivity contribution in [2.75, 3.05) is 13.1 Å². The van der Waals surface area contributed by atoms with Crippen molar-refractivity contribution in [2.24, 2.45) is 0 Å². The quantitative estimate of drug-likeness (QED) is 0.847. The maximum absolute atomic E-state index is 6.30. The van der Waals surface area contributed by atoms with Crippen molar-refractivity contribution in [3.8, 4) is 11.5 Å². The molecule has 0 radical (unpaired) electrons. The Morgan fingerprint density at radius 2 is 1.94 bits per heavy atom. The molecule has 3 rings (SSSR count). The van der Waals surface area contributed by atoms with E-state index in [1.54, 1.807) is 0 Å². The van der Waals surface area contributed by atoms with Crippen molar-refractivity contribution in [1.29, 1.82) is 0 Å². The van der Waals surface area contributed by atoms with E-state index in [1.165, 1.54) is 5.56 Å². The number of hydrogen-bond acceptors (Lipinski definition) is 3. The van der Waals surface area contributed by atoms with Gasteiger partial charge in [0.15, 0.2) is 11.5 Å². The smallest absolute Gasteiger partial charge is 0.246 e. The molecule has 18 heavy (non-hydrogen) atoms. The second kappa shape index (κ2) is 4.32. The van der Waals surface area contributed by atoms with Crippen molar-refractivity contribution in [1.82, 2.24) is 5.32 Å². The van der Waals surface area contributed by atoms with Gasteiger partial charge in [0.05, 0.1) is 5.02 Å². The molecule has 98 valence electrons. The summed E-state index contributed by atoms with van der Waals surface area (Å²) in [6.45, 7) is 5.94. The van der Waals surface area contributed by atoms with Gasteiger partial charge in [-0.2, -0.15) is 0 Å². The lowest BCUT2D eigenvalue weighted by Gasteiger charge is -2.23. The number of halogens is 1. The molecular weight excluding hydrogens is 250 g/mol. The van der Waals surface area contributed by atoms with Gasteiger partial charge in [-0.15, -0.1) is 0 Å². The standard InChI is InChI=1S/C14H18ClNO2/c1-14(2)17-12-8-10(7-11(15)13(12)18-14)9-3-5-16-6-4-9/h7-9,16H,3-6H2,1-2H3. The van der Waals surface area contributed by atoms with Crippen LogP contribution in [0, 0.1) is 0 Å². The van der Waals surface area contributed by atoms with Gasteiger partial charge in [-0.3, -0.25) is 0 Å². The SMILES string of the molecule is CC1(C)Oc2cc(C3CCNCC3)cc(Cl)c2O1. The third-order valence-electron chi connectivity index (χ3n) is 3.55. The molecule has 1 aromatic carbocycles. The molecule has 2 aliphatic heterocycles. The summed E-state index contributed by atoms with van der Waals surface area (Å²) in [6, 6.07) is 4.12. The topological polar surface area (TPSA) is 30.5 Å². The molecule has 1 fully saturated rings. The van der Waals surface area contributed by atoms with Crippen LogP contribution in [-0.2, 0) is 0 Å². The Morgan fingerprint density at radius 3 is 2.67 bits per heavy atom. The lowest BCUT2D eigenvalue weighted by atomic mass is 9.90. The van der Waals surface area contributed by atoms with Crippen LogP contribution >= 0.6 is 11.6 Å². The number of benzene rings is 1. The number of nitrogens with one attached hydrogen (secondary N) is 1. The average Bonchev–Trinajstić information content (AvgIpc) is 2.65. The van der Waals surface area contributed by atoms with Crippen LogP contribution < -0.4 is 14.8 Å². The van der Waals surface area contributed by atoms with Gasteiger partial charge < -0.3 is 14.8 Å². The van der Waals surface area contributed by atoms with Crippen molar-refractivity contribution in [3.63, 3.8) is 0 Å². The molecule has 4 heteroatoms. The maximum atomic E-state index is 6.30. The number of ether oxygens (including phenoxy) is 2. The second-order valence-corrected chi connectivity index (χ2v) is 5.87. The summed E-state index contributed by atoms with van der Waals surface area (Å²) >= 11 is 6.30. The van der Waals surface area contributed by atoms with E-state index < -0.39 is 5.79 Å². The molecule has 0 atom stereocenters. The molecular formula is C14H18ClNO2. The Bertz CT molecular complexity index is 467. The molecule has 0 aromatic heterocycles. The van der Waals surface area contributed by atoms with E-state index >= 15 is 0 Å². The fraction of sp³-hybridized carbons (Fsp3) is 0.571. The van der Waals surface area contributed by atoms with Crippen LogP contribution in [0.4, 0.5) is 0 Å². The minimum atomic E-state index is -0.612. The molecule has 0 amide bonds. The van der Waals surface area contributed by atoms with Gasteiger partial charge in [0, 0.05) is 13.8 Å². The van der Waals surface area contributed by atoms with E-state index in [4.69, 9.17) is 21.1 Å².